The lowest BCUT2D eigenvalue weighted by Gasteiger charge is -2.56. The van der Waals surface area contributed by atoms with Crippen molar-refractivity contribution >= 4 is 52.1 Å². The molecule has 0 spiro atoms. The summed E-state index contributed by atoms with van der Waals surface area (Å²) in [6, 6.07) is 5.18. The van der Waals surface area contributed by atoms with Gasteiger partial charge in [0.1, 0.15) is 0 Å². The monoisotopic (exact) mass is 447 g/mol. The van der Waals surface area contributed by atoms with E-state index in [9.17, 15) is 9.59 Å². The minimum Gasteiger partial charge on any atom is -0.331 e. The molecule has 0 aliphatic heterocycles. The van der Waals surface area contributed by atoms with Crippen LogP contribution in [0.15, 0.2) is 18.2 Å². The second-order valence-electron chi connectivity index (χ2n) is 9.59. The molecular formula is C23H30ClN3O2S. The summed E-state index contributed by atoms with van der Waals surface area (Å²) >= 11 is 11.6. The Morgan fingerprint density at radius 2 is 1.70 bits per heavy atom. The van der Waals surface area contributed by atoms with Crippen molar-refractivity contribution in [2.24, 2.45) is 23.2 Å². The van der Waals surface area contributed by atoms with Crippen LogP contribution in [0.2, 0.25) is 5.02 Å². The molecule has 4 aliphatic rings. The molecule has 5 rings (SSSR count). The van der Waals surface area contributed by atoms with Crippen molar-refractivity contribution in [2.45, 2.75) is 64.7 Å². The van der Waals surface area contributed by atoms with Gasteiger partial charge in [-0.1, -0.05) is 18.5 Å². The van der Waals surface area contributed by atoms with Gasteiger partial charge in [0.05, 0.1) is 10.7 Å². The number of anilines is 2. The Labute approximate surface area is 188 Å². The summed E-state index contributed by atoms with van der Waals surface area (Å²) in [6.45, 7) is 1.96. The maximum Gasteiger partial charge on any atom is 0.226 e. The second kappa shape index (κ2) is 8.83. The van der Waals surface area contributed by atoms with Crippen LogP contribution in [0.3, 0.4) is 0 Å². The predicted octanol–water partition coefficient (Wildman–Crippen LogP) is 5.50. The molecule has 0 radical (unpaired) electrons. The van der Waals surface area contributed by atoms with Crippen LogP contribution >= 0.6 is 23.8 Å². The van der Waals surface area contributed by atoms with Crippen LogP contribution in [-0.2, 0) is 9.59 Å². The van der Waals surface area contributed by atoms with Gasteiger partial charge in [0, 0.05) is 18.5 Å². The van der Waals surface area contributed by atoms with Gasteiger partial charge in [-0.3, -0.25) is 9.59 Å². The van der Waals surface area contributed by atoms with Crippen LogP contribution in [0.5, 0.6) is 0 Å². The molecule has 0 saturated heterocycles. The first-order valence-electron chi connectivity index (χ1n) is 11.0. The lowest BCUT2D eigenvalue weighted by atomic mass is 9.49. The van der Waals surface area contributed by atoms with Crippen LogP contribution < -0.4 is 16.0 Å². The zero-order valence-electron chi connectivity index (χ0n) is 17.4. The molecule has 4 aliphatic carbocycles. The number of hydrogen-bond donors (Lipinski definition) is 3. The zero-order chi connectivity index (χ0) is 21.3. The molecule has 162 valence electrons. The van der Waals surface area contributed by atoms with E-state index in [1.807, 2.05) is 6.92 Å². The van der Waals surface area contributed by atoms with E-state index in [0.717, 1.165) is 24.2 Å². The van der Waals surface area contributed by atoms with Gasteiger partial charge in [0.25, 0.3) is 0 Å². The summed E-state index contributed by atoms with van der Waals surface area (Å²) in [5.74, 6) is 2.39. The normalized spacial score (nSPS) is 28.8. The second-order valence-corrected chi connectivity index (χ2v) is 10.4. The van der Waals surface area contributed by atoms with Crippen molar-refractivity contribution in [1.29, 1.82) is 0 Å². The highest BCUT2D eigenvalue weighted by Gasteiger charge is 2.51. The average molecular weight is 448 g/mol. The average Bonchev–Trinajstić information content (AvgIpc) is 2.62. The van der Waals surface area contributed by atoms with Crippen LogP contribution in [-0.4, -0.2) is 16.9 Å². The molecule has 0 unspecified atom stereocenters. The van der Waals surface area contributed by atoms with E-state index in [1.165, 1.54) is 38.5 Å². The quantitative estimate of drug-likeness (QED) is 0.503. The maximum absolute atomic E-state index is 12.8. The number of benzene rings is 1. The number of rotatable bonds is 6. The lowest BCUT2D eigenvalue weighted by Crippen LogP contribution is -2.48. The van der Waals surface area contributed by atoms with Crippen LogP contribution in [0.4, 0.5) is 11.4 Å². The fourth-order valence-electron chi connectivity index (χ4n) is 6.32. The van der Waals surface area contributed by atoms with Gasteiger partial charge in [0.2, 0.25) is 11.8 Å². The highest BCUT2D eigenvalue weighted by atomic mass is 35.5. The first-order valence-corrected chi connectivity index (χ1v) is 11.8. The van der Waals surface area contributed by atoms with Gasteiger partial charge in [-0.05, 0) is 98.5 Å². The van der Waals surface area contributed by atoms with E-state index in [-0.39, 0.29) is 22.3 Å². The van der Waals surface area contributed by atoms with Crippen molar-refractivity contribution in [3.05, 3.63) is 23.2 Å². The topological polar surface area (TPSA) is 70.2 Å². The Hall–Kier alpha value is -1.66. The Balaban J connectivity index is 1.33. The number of thiocarbonyl (C=S) groups is 1. The largest absolute Gasteiger partial charge is 0.331 e. The summed E-state index contributed by atoms with van der Waals surface area (Å²) in [7, 11) is 0. The molecule has 0 aromatic heterocycles. The predicted molar refractivity (Wildman–Crippen MR) is 125 cm³/mol. The molecule has 4 fully saturated rings. The van der Waals surface area contributed by atoms with Gasteiger partial charge in [-0.2, -0.15) is 0 Å². The summed E-state index contributed by atoms with van der Waals surface area (Å²) in [5.41, 5.74) is 1.38. The van der Waals surface area contributed by atoms with Crippen LogP contribution in [0.25, 0.3) is 0 Å². The van der Waals surface area contributed by atoms with E-state index >= 15 is 0 Å². The van der Waals surface area contributed by atoms with Gasteiger partial charge in [-0.25, -0.2) is 0 Å². The van der Waals surface area contributed by atoms with Crippen LogP contribution in [0, 0.1) is 23.2 Å². The first-order chi connectivity index (χ1) is 14.3. The molecule has 3 N–H and O–H groups in total. The maximum atomic E-state index is 12.8. The Kier molecular flexibility index (Phi) is 6.35. The summed E-state index contributed by atoms with van der Waals surface area (Å²) < 4.78 is 0. The standard InChI is InChI=1S/C23H30ClN3O2S/c1-2-3-20(28)25-17-4-5-18(24)19(9-17)26-22(30)27-21(29)13-23-10-14-6-15(11-23)8-16(7-14)12-23/h4-5,9,14-16H,2-3,6-8,10-13H2,1H3,(H,25,28)(H2,26,27,29,30). The van der Waals surface area contributed by atoms with Gasteiger partial charge < -0.3 is 16.0 Å². The number of carbonyl (C=O) groups excluding carboxylic acids is 2. The summed E-state index contributed by atoms with van der Waals surface area (Å²) in [4.78, 5) is 24.6. The Morgan fingerprint density at radius 3 is 2.30 bits per heavy atom. The van der Waals surface area contributed by atoms with Crippen molar-refractivity contribution < 1.29 is 9.59 Å². The van der Waals surface area contributed by atoms with Crippen molar-refractivity contribution in [2.75, 3.05) is 10.6 Å². The number of hydrogen-bond acceptors (Lipinski definition) is 3. The van der Waals surface area contributed by atoms with Crippen molar-refractivity contribution in [1.82, 2.24) is 5.32 Å². The van der Waals surface area contributed by atoms with Crippen molar-refractivity contribution in [3.8, 4) is 0 Å². The SMILES string of the molecule is CCCC(=O)Nc1ccc(Cl)c(NC(=S)NC(=O)CC23CC4CC(CC(C4)C2)C3)c1. The third-order valence-electron chi connectivity index (χ3n) is 6.93. The van der Waals surface area contributed by atoms with Crippen LogP contribution in [0.1, 0.15) is 64.7 Å². The minimum absolute atomic E-state index is 0.0158. The Morgan fingerprint density at radius 1 is 1.07 bits per heavy atom. The molecule has 5 nitrogen and oxygen atoms in total. The minimum atomic E-state index is -0.0442. The molecule has 1 aromatic carbocycles. The third-order valence-corrected chi connectivity index (χ3v) is 7.46. The first kappa shape index (κ1) is 21.6. The number of nitrogens with one attached hydrogen (secondary N) is 3. The molecule has 2 amide bonds. The van der Waals surface area contributed by atoms with E-state index < -0.39 is 0 Å². The molecule has 7 heteroatoms. The van der Waals surface area contributed by atoms with Gasteiger partial charge in [-0.15, -0.1) is 0 Å². The van der Waals surface area contributed by atoms with Crippen molar-refractivity contribution in [3.63, 3.8) is 0 Å². The van der Waals surface area contributed by atoms with Gasteiger partial charge >= 0.3 is 0 Å². The van der Waals surface area contributed by atoms with E-state index in [2.05, 4.69) is 16.0 Å². The smallest absolute Gasteiger partial charge is 0.226 e. The number of amides is 2. The fourth-order valence-corrected chi connectivity index (χ4v) is 6.71. The molecule has 0 heterocycles. The van der Waals surface area contributed by atoms with E-state index in [1.54, 1.807) is 18.2 Å². The number of carbonyl (C=O) groups is 2. The summed E-state index contributed by atoms with van der Waals surface area (Å²) in [6.07, 6.45) is 9.47. The number of halogens is 1. The lowest BCUT2D eigenvalue weighted by molar-refractivity contribution is -0.128. The highest BCUT2D eigenvalue weighted by Crippen LogP contribution is 2.61. The van der Waals surface area contributed by atoms with E-state index in [4.69, 9.17) is 23.8 Å². The Bertz CT molecular complexity index is 822. The molecule has 30 heavy (non-hydrogen) atoms. The molecule has 0 atom stereocenters. The highest BCUT2D eigenvalue weighted by molar-refractivity contribution is 7.80. The van der Waals surface area contributed by atoms with E-state index in [0.29, 0.717) is 29.2 Å². The molecular weight excluding hydrogens is 418 g/mol. The third kappa shape index (κ3) is 4.97. The summed E-state index contributed by atoms with van der Waals surface area (Å²) in [5, 5.41) is 9.41. The molecule has 1 aromatic rings. The zero-order valence-corrected chi connectivity index (χ0v) is 19.0. The molecule has 4 bridgehead atoms. The van der Waals surface area contributed by atoms with Gasteiger partial charge in [0.15, 0.2) is 5.11 Å². The fraction of sp³-hybridized carbons (Fsp3) is 0.609. The molecule has 4 saturated carbocycles.